The zero-order valence-corrected chi connectivity index (χ0v) is 12.8. The Hall–Kier alpha value is -1.41. The lowest BCUT2D eigenvalue weighted by Gasteiger charge is -2.19. The summed E-state index contributed by atoms with van der Waals surface area (Å²) in [6.07, 6.45) is 0. The molecule has 0 aliphatic carbocycles. The van der Waals surface area contributed by atoms with Crippen molar-refractivity contribution in [3.05, 3.63) is 46.2 Å². The molecule has 1 heterocycles. The van der Waals surface area contributed by atoms with Crippen molar-refractivity contribution in [2.24, 2.45) is 0 Å². The third-order valence-electron chi connectivity index (χ3n) is 3.31. The smallest absolute Gasteiger partial charge is 0.161 e. The SMILES string of the molecule is Cc1cccc(-c2nc(Cl)cc(C(C)(C)C)n2)c1C. The van der Waals surface area contributed by atoms with Crippen LogP contribution in [0.2, 0.25) is 5.15 Å². The summed E-state index contributed by atoms with van der Waals surface area (Å²) in [6.45, 7) is 10.6. The van der Waals surface area contributed by atoms with Crippen molar-refractivity contribution in [3.8, 4) is 11.4 Å². The number of halogens is 1. The van der Waals surface area contributed by atoms with Crippen LogP contribution in [0, 0.1) is 13.8 Å². The quantitative estimate of drug-likeness (QED) is 0.704. The highest BCUT2D eigenvalue weighted by Crippen LogP contribution is 2.28. The van der Waals surface area contributed by atoms with Gasteiger partial charge in [0.2, 0.25) is 0 Å². The molecular formula is C16H19ClN2. The van der Waals surface area contributed by atoms with E-state index >= 15 is 0 Å². The van der Waals surface area contributed by atoms with Gasteiger partial charge in [0.1, 0.15) is 5.15 Å². The molecule has 0 N–H and O–H groups in total. The number of nitrogens with zero attached hydrogens (tertiary/aromatic N) is 2. The van der Waals surface area contributed by atoms with Gasteiger partial charge in [-0.15, -0.1) is 0 Å². The molecule has 0 fully saturated rings. The van der Waals surface area contributed by atoms with E-state index in [0.29, 0.717) is 11.0 Å². The summed E-state index contributed by atoms with van der Waals surface area (Å²) in [6, 6.07) is 8.00. The van der Waals surface area contributed by atoms with Crippen LogP contribution in [-0.4, -0.2) is 9.97 Å². The van der Waals surface area contributed by atoms with Crippen molar-refractivity contribution in [1.29, 1.82) is 0 Å². The summed E-state index contributed by atoms with van der Waals surface area (Å²) in [5.74, 6) is 0.707. The van der Waals surface area contributed by atoms with Gasteiger partial charge in [0.05, 0.1) is 5.69 Å². The van der Waals surface area contributed by atoms with Crippen LogP contribution in [0.3, 0.4) is 0 Å². The Morgan fingerprint density at radius 1 is 1.05 bits per heavy atom. The number of benzene rings is 1. The maximum absolute atomic E-state index is 6.15. The first-order valence-corrected chi connectivity index (χ1v) is 6.78. The standard InChI is InChI=1S/C16H19ClN2/c1-10-7-6-8-12(11(10)2)15-18-13(16(3,4)5)9-14(17)19-15/h6-9H,1-5H3. The fraction of sp³-hybridized carbons (Fsp3) is 0.375. The third-order valence-corrected chi connectivity index (χ3v) is 3.50. The molecule has 1 aromatic heterocycles. The van der Waals surface area contributed by atoms with Crippen molar-refractivity contribution in [3.63, 3.8) is 0 Å². The molecule has 0 atom stereocenters. The molecule has 0 saturated heterocycles. The monoisotopic (exact) mass is 274 g/mol. The largest absolute Gasteiger partial charge is 0.232 e. The molecule has 0 saturated carbocycles. The molecule has 2 rings (SSSR count). The number of hydrogen-bond donors (Lipinski definition) is 0. The molecule has 0 radical (unpaired) electrons. The molecule has 100 valence electrons. The van der Waals surface area contributed by atoms with Gasteiger partial charge in [0, 0.05) is 11.0 Å². The Kier molecular flexibility index (Phi) is 3.64. The predicted molar refractivity (Wildman–Crippen MR) is 80.7 cm³/mol. The number of rotatable bonds is 1. The Balaban J connectivity index is 2.63. The highest BCUT2D eigenvalue weighted by molar-refractivity contribution is 6.29. The second kappa shape index (κ2) is 4.93. The molecule has 0 amide bonds. The molecule has 3 heteroatoms. The van der Waals surface area contributed by atoms with Gasteiger partial charge >= 0.3 is 0 Å². The van der Waals surface area contributed by atoms with Gasteiger partial charge in [-0.2, -0.15) is 0 Å². The van der Waals surface area contributed by atoms with Gasteiger partial charge in [-0.1, -0.05) is 50.6 Å². The van der Waals surface area contributed by atoms with Crippen molar-refractivity contribution in [2.75, 3.05) is 0 Å². The zero-order valence-electron chi connectivity index (χ0n) is 12.1. The van der Waals surface area contributed by atoms with Gasteiger partial charge in [0.15, 0.2) is 5.82 Å². The van der Waals surface area contributed by atoms with E-state index < -0.39 is 0 Å². The first-order chi connectivity index (χ1) is 8.79. The van der Waals surface area contributed by atoms with Gasteiger partial charge in [-0.25, -0.2) is 9.97 Å². The number of hydrogen-bond acceptors (Lipinski definition) is 2. The van der Waals surface area contributed by atoms with Gasteiger partial charge in [0.25, 0.3) is 0 Å². The van der Waals surface area contributed by atoms with E-state index in [1.54, 1.807) is 0 Å². The van der Waals surface area contributed by atoms with E-state index in [4.69, 9.17) is 11.6 Å². The fourth-order valence-corrected chi connectivity index (χ4v) is 2.10. The van der Waals surface area contributed by atoms with E-state index in [1.807, 2.05) is 18.2 Å². The molecule has 2 nitrogen and oxygen atoms in total. The Labute approximate surface area is 119 Å². The molecule has 0 unspecified atom stereocenters. The minimum Gasteiger partial charge on any atom is -0.232 e. The normalized spacial score (nSPS) is 11.7. The number of aromatic nitrogens is 2. The lowest BCUT2D eigenvalue weighted by molar-refractivity contribution is 0.568. The van der Waals surface area contributed by atoms with E-state index in [0.717, 1.165) is 11.3 Å². The summed E-state index contributed by atoms with van der Waals surface area (Å²) in [5, 5.41) is 0.496. The van der Waals surface area contributed by atoms with Crippen LogP contribution in [0.15, 0.2) is 24.3 Å². The van der Waals surface area contributed by atoms with Crippen molar-refractivity contribution >= 4 is 11.6 Å². The summed E-state index contributed by atoms with van der Waals surface area (Å²) in [4.78, 5) is 9.06. The van der Waals surface area contributed by atoms with Crippen LogP contribution in [0.5, 0.6) is 0 Å². The van der Waals surface area contributed by atoms with Crippen LogP contribution in [0.4, 0.5) is 0 Å². The molecule has 1 aromatic carbocycles. The Bertz CT molecular complexity index is 613. The number of aryl methyl sites for hydroxylation is 1. The molecular weight excluding hydrogens is 256 g/mol. The highest BCUT2D eigenvalue weighted by Gasteiger charge is 2.18. The molecule has 0 aliphatic rings. The molecule has 19 heavy (non-hydrogen) atoms. The molecule has 0 spiro atoms. The molecule has 0 aliphatic heterocycles. The minimum absolute atomic E-state index is 0.0426. The third kappa shape index (κ3) is 2.95. The maximum Gasteiger partial charge on any atom is 0.161 e. The lowest BCUT2D eigenvalue weighted by atomic mass is 9.92. The van der Waals surface area contributed by atoms with E-state index in [2.05, 4.69) is 50.7 Å². The molecule has 2 aromatic rings. The van der Waals surface area contributed by atoms with Crippen molar-refractivity contribution in [2.45, 2.75) is 40.0 Å². The zero-order chi connectivity index (χ0) is 14.2. The first-order valence-electron chi connectivity index (χ1n) is 6.40. The first kappa shape index (κ1) is 14.0. The van der Waals surface area contributed by atoms with Crippen LogP contribution in [0.1, 0.15) is 37.6 Å². The summed E-state index contributed by atoms with van der Waals surface area (Å²) in [5.41, 5.74) is 4.40. The van der Waals surface area contributed by atoms with E-state index in [1.165, 1.54) is 11.1 Å². The lowest BCUT2D eigenvalue weighted by Crippen LogP contribution is -2.14. The minimum atomic E-state index is -0.0426. The fourth-order valence-electron chi connectivity index (χ4n) is 1.92. The van der Waals surface area contributed by atoms with Crippen molar-refractivity contribution in [1.82, 2.24) is 9.97 Å². The topological polar surface area (TPSA) is 25.8 Å². The van der Waals surface area contributed by atoms with Crippen LogP contribution in [0.25, 0.3) is 11.4 Å². The average molecular weight is 275 g/mol. The second-order valence-electron chi connectivity index (χ2n) is 5.90. The highest BCUT2D eigenvalue weighted by atomic mass is 35.5. The van der Waals surface area contributed by atoms with Crippen LogP contribution in [-0.2, 0) is 5.41 Å². The van der Waals surface area contributed by atoms with E-state index in [9.17, 15) is 0 Å². The Morgan fingerprint density at radius 2 is 1.74 bits per heavy atom. The average Bonchev–Trinajstić information content (AvgIpc) is 2.31. The summed E-state index contributed by atoms with van der Waals surface area (Å²) < 4.78 is 0. The summed E-state index contributed by atoms with van der Waals surface area (Å²) in [7, 11) is 0. The van der Waals surface area contributed by atoms with Crippen LogP contribution < -0.4 is 0 Å². The predicted octanol–water partition coefficient (Wildman–Crippen LogP) is 4.71. The van der Waals surface area contributed by atoms with Gasteiger partial charge in [-0.05, 0) is 31.0 Å². The van der Waals surface area contributed by atoms with Crippen LogP contribution >= 0.6 is 11.6 Å². The molecule has 0 bridgehead atoms. The van der Waals surface area contributed by atoms with Gasteiger partial charge < -0.3 is 0 Å². The maximum atomic E-state index is 6.15. The van der Waals surface area contributed by atoms with E-state index in [-0.39, 0.29) is 5.41 Å². The Morgan fingerprint density at radius 3 is 2.37 bits per heavy atom. The van der Waals surface area contributed by atoms with Gasteiger partial charge in [-0.3, -0.25) is 0 Å². The second-order valence-corrected chi connectivity index (χ2v) is 6.28. The summed E-state index contributed by atoms with van der Waals surface area (Å²) >= 11 is 6.15. The van der Waals surface area contributed by atoms with Crippen molar-refractivity contribution < 1.29 is 0 Å².